The molecule has 0 saturated heterocycles. The van der Waals surface area contributed by atoms with Crippen LogP contribution in [0, 0.1) is 6.92 Å². The van der Waals surface area contributed by atoms with Crippen molar-refractivity contribution in [2.75, 3.05) is 31.5 Å². The Balaban J connectivity index is 1.70. The summed E-state index contributed by atoms with van der Waals surface area (Å²) in [4.78, 5) is 21.2. The third-order valence-corrected chi connectivity index (χ3v) is 4.14. The van der Waals surface area contributed by atoms with Gasteiger partial charge in [-0.25, -0.2) is 4.98 Å². The zero-order chi connectivity index (χ0) is 21.5. The van der Waals surface area contributed by atoms with E-state index in [4.69, 9.17) is 14.2 Å². The van der Waals surface area contributed by atoms with Crippen molar-refractivity contribution in [2.24, 2.45) is 0 Å². The van der Waals surface area contributed by atoms with Crippen LogP contribution in [0.5, 0.6) is 17.4 Å². The van der Waals surface area contributed by atoms with Crippen molar-refractivity contribution in [3.8, 4) is 17.4 Å². The number of amides is 1. The van der Waals surface area contributed by atoms with Gasteiger partial charge in [-0.15, -0.1) is 0 Å². The van der Waals surface area contributed by atoms with E-state index in [1.165, 1.54) is 0 Å². The molecule has 156 valence electrons. The molecule has 30 heavy (non-hydrogen) atoms. The van der Waals surface area contributed by atoms with Crippen LogP contribution in [0.15, 0.2) is 48.5 Å². The number of nitrogens with one attached hydrogen (secondary N) is 2. The predicted molar refractivity (Wildman–Crippen MR) is 115 cm³/mol. The number of benzene rings is 2. The molecule has 3 aromatic rings. The fourth-order valence-corrected chi connectivity index (χ4v) is 2.75. The Kier molecular flexibility index (Phi) is 6.69. The van der Waals surface area contributed by atoms with Gasteiger partial charge in [0.05, 0.1) is 20.8 Å². The molecule has 0 unspecified atom stereocenters. The first-order chi connectivity index (χ1) is 14.5. The highest BCUT2D eigenvalue weighted by Crippen LogP contribution is 2.24. The van der Waals surface area contributed by atoms with Crippen LogP contribution in [0.2, 0.25) is 0 Å². The fraction of sp³-hybridized carbons (Fsp3) is 0.227. The Bertz CT molecular complexity index is 1000. The second-order valence-electron chi connectivity index (χ2n) is 6.33. The zero-order valence-corrected chi connectivity index (χ0v) is 17.4. The minimum atomic E-state index is -0.263. The van der Waals surface area contributed by atoms with E-state index in [0.29, 0.717) is 46.9 Å². The highest BCUT2D eigenvalue weighted by atomic mass is 16.5. The van der Waals surface area contributed by atoms with E-state index < -0.39 is 0 Å². The number of anilines is 3. The van der Waals surface area contributed by atoms with Gasteiger partial charge < -0.3 is 24.8 Å². The first-order valence-electron chi connectivity index (χ1n) is 9.40. The molecular formula is C22H24N4O4. The zero-order valence-electron chi connectivity index (χ0n) is 17.4. The van der Waals surface area contributed by atoms with Gasteiger partial charge in [0.1, 0.15) is 23.1 Å². The highest BCUT2D eigenvalue weighted by Gasteiger charge is 2.10. The van der Waals surface area contributed by atoms with E-state index in [1.54, 1.807) is 57.5 Å². The highest BCUT2D eigenvalue weighted by molar-refractivity contribution is 6.04. The topological polar surface area (TPSA) is 94.6 Å². The first kappa shape index (κ1) is 20.9. The molecule has 0 bridgehead atoms. The summed E-state index contributed by atoms with van der Waals surface area (Å²) in [6.45, 7) is 4.24. The maximum Gasteiger partial charge on any atom is 0.255 e. The third-order valence-electron chi connectivity index (χ3n) is 4.14. The molecule has 0 radical (unpaired) electrons. The number of carbonyl (C=O) groups is 1. The molecule has 8 heteroatoms. The number of ether oxygens (including phenoxy) is 3. The van der Waals surface area contributed by atoms with Crippen LogP contribution < -0.4 is 24.8 Å². The van der Waals surface area contributed by atoms with E-state index >= 15 is 0 Å². The van der Waals surface area contributed by atoms with Crippen molar-refractivity contribution in [1.29, 1.82) is 0 Å². The van der Waals surface area contributed by atoms with E-state index in [-0.39, 0.29) is 5.91 Å². The van der Waals surface area contributed by atoms with E-state index in [0.717, 1.165) is 5.69 Å². The van der Waals surface area contributed by atoms with Gasteiger partial charge in [-0.2, -0.15) is 4.98 Å². The summed E-state index contributed by atoms with van der Waals surface area (Å²) in [5.41, 5.74) is 1.91. The summed E-state index contributed by atoms with van der Waals surface area (Å²) < 4.78 is 15.9. The number of hydrogen-bond donors (Lipinski definition) is 2. The smallest absolute Gasteiger partial charge is 0.255 e. The Hall–Kier alpha value is -3.81. The molecule has 3 rings (SSSR count). The van der Waals surface area contributed by atoms with Gasteiger partial charge in [0, 0.05) is 29.1 Å². The average molecular weight is 408 g/mol. The van der Waals surface area contributed by atoms with Crippen molar-refractivity contribution in [3.63, 3.8) is 0 Å². The molecule has 2 aromatic carbocycles. The second kappa shape index (κ2) is 9.60. The van der Waals surface area contributed by atoms with Crippen molar-refractivity contribution in [3.05, 3.63) is 59.9 Å². The number of hydrogen-bond acceptors (Lipinski definition) is 7. The molecule has 0 spiro atoms. The van der Waals surface area contributed by atoms with E-state index in [9.17, 15) is 4.79 Å². The van der Waals surface area contributed by atoms with Gasteiger partial charge in [-0.1, -0.05) is 0 Å². The van der Waals surface area contributed by atoms with Gasteiger partial charge in [-0.05, 0) is 50.2 Å². The van der Waals surface area contributed by atoms with Crippen LogP contribution in [0.1, 0.15) is 23.1 Å². The van der Waals surface area contributed by atoms with Gasteiger partial charge >= 0.3 is 0 Å². The number of carbonyl (C=O) groups excluding carboxylic acids is 1. The predicted octanol–water partition coefficient (Wildman–Crippen LogP) is 4.20. The Morgan fingerprint density at radius 2 is 1.57 bits per heavy atom. The summed E-state index contributed by atoms with van der Waals surface area (Å²) in [5, 5.41) is 6.07. The Morgan fingerprint density at radius 3 is 2.17 bits per heavy atom. The van der Waals surface area contributed by atoms with Crippen LogP contribution in [0.3, 0.4) is 0 Å². The quantitative estimate of drug-likeness (QED) is 0.577. The summed E-state index contributed by atoms with van der Waals surface area (Å²) in [5.74, 6) is 2.59. The molecule has 0 aliphatic carbocycles. The Morgan fingerprint density at radius 1 is 0.933 bits per heavy atom. The molecule has 8 nitrogen and oxygen atoms in total. The number of methoxy groups -OCH3 is 2. The average Bonchev–Trinajstić information content (AvgIpc) is 2.74. The van der Waals surface area contributed by atoms with Crippen molar-refractivity contribution >= 4 is 23.1 Å². The lowest BCUT2D eigenvalue weighted by Crippen LogP contribution is -2.12. The van der Waals surface area contributed by atoms with Crippen LogP contribution in [0.25, 0.3) is 0 Å². The van der Waals surface area contributed by atoms with E-state index in [1.807, 2.05) is 19.1 Å². The molecule has 2 N–H and O–H groups in total. The molecule has 0 saturated carbocycles. The van der Waals surface area contributed by atoms with Crippen LogP contribution in [-0.4, -0.2) is 36.7 Å². The maximum absolute atomic E-state index is 12.6. The second-order valence-corrected chi connectivity index (χ2v) is 6.33. The molecule has 0 aliphatic heterocycles. The standard InChI is InChI=1S/C22H24N4O4/c1-5-30-21-13-20(23-14(2)24-21)25-16-6-8-17(9-7-16)26-22(27)15-10-18(28-3)12-19(11-15)29-4/h6-13H,5H2,1-4H3,(H,26,27)(H,23,24,25). The van der Waals surface area contributed by atoms with Crippen LogP contribution in [0.4, 0.5) is 17.2 Å². The van der Waals surface area contributed by atoms with Crippen molar-refractivity contribution in [1.82, 2.24) is 9.97 Å². The molecular weight excluding hydrogens is 384 g/mol. The summed E-state index contributed by atoms with van der Waals surface area (Å²) in [6, 6.07) is 14.1. The minimum absolute atomic E-state index is 0.263. The van der Waals surface area contributed by atoms with Crippen LogP contribution >= 0.6 is 0 Å². The lowest BCUT2D eigenvalue weighted by Gasteiger charge is -2.11. The fourth-order valence-electron chi connectivity index (χ4n) is 2.75. The number of aryl methyl sites for hydroxylation is 1. The first-order valence-corrected chi connectivity index (χ1v) is 9.40. The largest absolute Gasteiger partial charge is 0.497 e. The number of aromatic nitrogens is 2. The molecule has 0 atom stereocenters. The number of rotatable bonds is 8. The van der Waals surface area contributed by atoms with Crippen LogP contribution in [-0.2, 0) is 0 Å². The maximum atomic E-state index is 12.6. The van der Waals surface area contributed by atoms with Crippen molar-refractivity contribution < 1.29 is 19.0 Å². The third kappa shape index (κ3) is 5.38. The lowest BCUT2D eigenvalue weighted by molar-refractivity contribution is 0.102. The van der Waals surface area contributed by atoms with Gasteiger partial charge in [0.2, 0.25) is 5.88 Å². The van der Waals surface area contributed by atoms with Gasteiger partial charge in [0.15, 0.2) is 0 Å². The van der Waals surface area contributed by atoms with Gasteiger partial charge in [0.25, 0.3) is 5.91 Å². The summed E-state index contributed by atoms with van der Waals surface area (Å²) >= 11 is 0. The number of nitrogens with zero attached hydrogens (tertiary/aromatic N) is 2. The molecule has 1 heterocycles. The normalized spacial score (nSPS) is 10.3. The molecule has 1 amide bonds. The summed E-state index contributed by atoms with van der Waals surface area (Å²) in [7, 11) is 3.08. The van der Waals surface area contributed by atoms with E-state index in [2.05, 4.69) is 20.6 Å². The summed E-state index contributed by atoms with van der Waals surface area (Å²) in [6.07, 6.45) is 0. The Labute approximate surface area is 175 Å². The monoisotopic (exact) mass is 408 g/mol. The SMILES string of the molecule is CCOc1cc(Nc2ccc(NC(=O)c3cc(OC)cc(OC)c3)cc2)nc(C)n1. The molecule has 0 fully saturated rings. The molecule has 1 aromatic heterocycles. The van der Waals surface area contributed by atoms with Gasteiger partial charge in [-0.3, -0.25) is 4.79 Å². The lowest BCUT2D eigenvalue weighted by atomic mass is 10.1. The minimum Gasteiger partial charge on any atom is -0.497 e. The van der Waals surface area contributed by atoms with Crippen molar-refractivity contribution in [2.45, 2.75) is 13.8 Å². The molecule has 0 aliphatic rings.